The van der Waals surface area contributed by atoms with Gasteiger partial charge in [-0.05, 0) is 66.4 Å². The van der Waals surface area contributed by atoms with E-state index >= 15 is 0 Å². The lowest BCUT2D eigenvalue weighted by Gasteiger charge is -2.28. The van der Waals surface area contributed by atoms with Crippen molar-refractivity contribution in [2.45, 2.75) is 12.8 Å². The van der Waals surface area contributed by atoms with E-state index in [0.717, 1.165) is 24.9 Å². The van der Waals surface area contributed by atoms with Crippen molar-refractivity contribution in [3.63, 3.8) is 0 Å². The van der Waals surface area contributed by atoms with Crippen molar-refractivity contribution >= 4 is 5.57 Å². The molecule has 0 atom stereocenters. The van der Waals surface area contributed by atoms with Gasteiger partial charge in [-0.25, -0.2) is 0 Å². The summed E-state index contributed by atoms with van der Waals surface area (Å²) in [6, 6.07) is 24.9. The highest BCUT2D eigenvalue weighted by Crippen LogP contribution is 2.42. The van der Waals surface area contributed by atoms with Crippen LogP contribution in [-0.4, -0.2) is 30.6 Å². The topological polar surface area (TPSA) is 23.5 Å². The Kier molecular flexibility index (Phi) is 4.83. The van der Waals surface area contributed by atoms with Gasteiger partial charge in [0.15, 0.2) is 0 Å². The molecule has 4 rings (SSSR count). The zero-order chi connectivity index (χ0) is 18.8. The molecule has 136 valence electrons. The Morgan fingerprint density at radius 2 is 1.41 bits per heavy atom. The van der Waals surface area contributed by atoms with Gasteiger partial charge in [0, 0.05) is 12.1 Å². The van der Waals surface area contributed by atoms with Crippen LogP contribution in [0.2, 0.25) is 0 Å². The van der Waals surface area contributed by atoms with E-state index in [-0.39, 0.29) is 0 Å². The lowest BCUT2D eigenvalue weighted by molar-refractivity contribution is 0.438. The first kappa shape index (κ1) is 17.6. The largest absolute Gasteiger partial charge is 0.507 e. The van der Waals surface area contributed by atoms with E-state index < -0.39 is 0 Å². The molecule has 2 heteroatoms. The molecule has 1 aliphatic carbocycles. The van der Waals surface area contributed by atoms with Crippen molar-refractivity contribution < 1.29 is 5.11 Å². The second kappa shape index (κ2) is 7.42. The van der Waals surface area contributed by atoms with Gasteiger partial charge in [-0.3, -0.25) is 0 Å². The lowest BCUT2D eigenvalue weighted by atomic mass is 9.79. The number of hydrogen-bond donors (Lipinski definition) is 1. The summed E-state index contributed by atoms with van der Waals surface area (Å²) >= 11 is 0. The first-order valence-electron chi connectivity index (χ1n) is 9.48. The summed E-state index contributed by atoms with van der Waals surface area (Å²) in [7, 11) is 4.21. The molecule has 0 spiro atoms. The van der Waals surface area contributed by atoms with Gasteiger partial charge in [0.2, 0.25) is 0 Å². The highest BCUT2D eigenvalue weighted by atomic mass is 16.3. The molecule has 0 aromatic heterocycles. The van der Waals surface area contributed by atoms with Gasteiger partial charge in [0.1, 0.15) is 5.75 Å². The minimum Gasteiger partial charge on any atom is -0.507 e. The fourth-order valence-electron chi connectivity index (χ4n) is 4.13. The maximum absolute atomic E-state index is 10.6. The van der Waals surface area contributed by atoms with Crippen LogP contribution in [0.25, 0.3) is 16.7 Å². The van der Waals surface area contributed by atoms with Crippen LogP contribution in [0.5, 0.6) is 5.75 Å². The Bertz CT molecular complexity index is 986. The Labute approximate surface area is 161 Å². The van der Waals surface area contributed by atoms with Crippen molar-refractivity contribution in [3.8, 4) is 16.9 Å². The van der Waals surface area contributed by atoms with Crippen LogP contribution < -0.4 is 0 Å². The molecule has 2 nitrogen and oxygen atoms in total. The van der Waals surface area contributed by atoms with Crippen LogP contribution in [0.15, 0.2) is 78.4 Å². The molecule has 0 heterocycles. The van der Waals surface area contributed by atoms with Crippen molar-refractivity contribution in [1.82, 2.24) is 4.90 Å². The van der Waals surface area contributed by atoms with Crippen LogP contribution in [0.1, 0.15) is 23.1 Å². The standard InChI is InChI=1S/C25H25NO/c1-26(2)17-19-15-16-21-20(18-9-4-3-5-10-18)12-8-13-22(21)25(19)23-11-6-7-14-24(23)27/h3-14,27H,15-17H2,1-2H3. The fourth-order valence-corrected chi connectivity index (χ4v) is 4.13. The smallest absolute Gasteiger partial charge is 0.123 e. The zero-order valence-corrected chi connectivity index (χ0v) is 15.9. The summed E-state index contributed by atoms with van der Waals surface area (Å²) in [4.78, 5) is 2.21. The van der Waals surface area contributed by atoms with Crippen molar-refractivity contribution in [1.29, 1.82) is 0 Å². The average Bonchev–Trinajstić information content (AvgIpc) is 2.68. The summed E-state index contributed by atoms with van der Waals surface area (Å²) in [5, 5.41) is 10.6. The zero-order valence-electron chi connectivity index (χ0n) is 15.9. The number of nitrogens with zero attached hydrogens (tertiary/aromatic N) is 1. The molecule has 0 aliphatic heterocycles. The molecular formula is C25H25NO. The minimum atomic E-state index is 0.349. The highest BCUT2D eigenvalue weighted by molar-refractivity contribution is 5.90. The number of fused-ring (bicyclic) bond motifs is 1. The first-order chi connectivity index (χ1) is 13.1. The SMILES string of the molecule is CN(C)CC1=C(c2ccccc2O)c2cccc(-c3ccccc3)c2CC1. The summed E-state index contributed by atoms with van der Waals surface area (Å²) in [6.07, 6.45) is 2.04. The van der Waals surface area contributed by atoms with Gasteiger partial charge in [0.05, 0.1) is 0 Å². The maximum atomic E-state index is 10.6. The van der Waals surface area contributed by atoms with E-state index in [1.165, 1.54) is 33.4 Å². The number of rotatable bonds is 4. The molecule has 3 aromatic rings. The third kappa shape index (κ3) is 3.41. The van der Waals surface area contributed by atoms with Gasteiger partial charge in [-0.15, -0.1) is 0 Å². The monoisotopic (exact) mass is 355 g/mol. The molecule has 0 radical (unpaired) electrons. The number of para-hydroxylation sites is 1. The predicted octanol–water partition coefficient (Wildman–Crippen LogP) is 5.37. The molecule has 0 bridgehead atoms. The molecule has 0 fully saturated rings. The molecule has 0 unspecified atom stereocenters. The quantitative estimate of drug-likeness (QED) is 0.680. The summed E-state index contributed by atoms with van der Waals surface area (Å²) in [5.74, 6) is 0.349. The van der Waals surface area contributed by atoms with Gasteiger partial charge in [-0.2, -0.15) is 0 Å². The summed E-state index contributed by atoms with van der Waals surface area (Å²) in [5.41, 5.74) is 8.69. The van der Waals surface area contributed by atoms with E-state index in [1.54, 1.807) is 6.07 Å². The average molecular weight is 355 g/mol. The minimum absolute atomic E-state index is 0.349. The third-order valence-electron chi connectivity index (χ3n) is 5.24. The van der Waals surface area contributed by atoms with Crippen LogP contribution in [-0.2, 0) is 6.42 Å². The fraction of sp³-hybridized carbons (Fsp3) is 0.200. The number of likely N-dealkylation sites (N-methyl/N-ethyl adjacent to an activating group) is 1. The molecule has 27 heavy (non-hydrogen) atoms. The number of benzene rings is 3. The Hall–Kier alpha value is -2.84. The van der Waals surface area contributed by atoms with Crippen LogP contribution in [0, 0.1) is 0 Å². The number of hydrogen-bond acceptors (Lipinski definition) is 2. The van der Waals surface area contributed by atoms with E-state index in [4.69, 9.17) is 0 Å². The third-order valence-corrected chi connectivity index (χ3v) is 5.24. The highest BCUT2D eigenvalue weighted by Gasteiger charge is 2.24. The van der Waals surface area contributed by atoms with E-state index in [2.05, 4.69) is 67.5 Å². The molecule has 0 amide bonds. The van der Waals surface area contributed by atoms with Crippen LogP contribution >= 0.6 is 0 Å². The van der Waals surface area contributed by atoms with Gasteiger partial charge in [0.25, 0.3) is 0 Å². The van der Waals surface area contributed by atoms with Gasteiger partial charge >= 0.3 is 0 Å². The molecule has 1 aliphatic rings. The molecule has 1 N–H and O–H groups in total. The number of phenols is 1. The summed E-state index contributed by atoms with van der Waals surface area (Å²) < 4.78 is 0. The molecular weight excluding hydrogens is 330 g/mol. The Balaban J connectivity index is 1.95. The van der Waals surface area contributed by atoms with Crippen molar-refractivity contribution in [3.05, 3.63) is 95.1 Å². The van der Waals surface area contributed by atoms with Gasteiger partial charge in [-0.1, -0.05) is 66.7 Å². The second-order valence-corrected chi connectivity index (χ2v) is 7.43. The van der Waals surface area contributed by atoms with Crippen molar-refractivity contribution in [2.75, 3.05) is 20.6 Å². The number of phenolic OH excluding ortho intramolecular Hbond substituents is 1. The van der Waals surface area contributed by atoms with Crippen molar-refractivity contribution in [2.24, 2.45) is 0 Å². The predicted molar refractivity (Wildman–Crippen MR) is 113 cm³/mol. The van der Waals surface area contributed by atoms with E-state index in [1.807, 2.05) is 18.2 Å². The second-order valence-electron chi connectivity index (χ2n) is 7.43. The maximum Gasteiger partial charge on any atom is 0.123 e. The summed E-state index contributed by atoms with van der Waals surface area (Å²) in [6.45, 7) is 0.901. The van der Waals surface area contributed by atoms with Crippen LogP contribution in [0.4, 0.5) is 0 Å². The normalized spacial score (nSPS) is 13.7. The number of aromatic hydroxyl groups is 1. The molecule has 3 aromatic carbocycles. The lowest BCUT2D eigenvalue weighted by Crippen LogP contribution is -2.19. The van der Waals surface area contributed by atoms with E-state index in [0.29, 0.717) is 5.75 Å². The Morgan fingerprint density at radius 3 is 2.15 bits per heavy atom. The first-order valence-corrected chi connectivity index (χ1v) is 9.48. The van der Waals surface area contributed by atoms with Crippen LogP contribution in [0.3, 0.4) is 0 Å². The van der Waals surface area contributed by atoms with Gasteiger partial charge < -0.3 is 10.0 Å². The Morgan fingerprint density at radius 1 is 0.741 bits per heavy atom. The van der Waals surface area contributed by atoms with E-state index in [9.17, 15) is 5.11 Å². The molecule has 0 saturated carbocycles. The molecule has 0 saturated heterocycles.